The van der Waals surface area contributed by atoms with Crippen molar-refractivity contribution >= 4 is 23.2 Å². The number of amides is 1. The van der Waals surface area contributed by atoms with E-state index in [1.807, 2.05) is 0 Å². The topological polar surface area (TPSA) is 59.3 Å². The number of aryl methyl sites for hydroxylation is 1. The largest absolute Gasteiger partial charge is 0.364 e. The number of fused-ring (bicyclic) bond motifs is 1. The van der Waals surface area contributed by atoms with Gasteiger partial charge in [0.2, 0.25) is 0 Å². The van der Waals surface area contributed by atoms with Crippen LogP contribution in [-0.4, -0.2) is 26.0 Å². The first-order chi connectivity index (χ1) is 12.7. The Hall–Kier alpha value is -1.76. The van der Waals surface area contributed by atoms with Gasteiger partial charge in [-0.05, 0) is 80.9 Å². The highest BCUT2D eigenvalue weighted by Crippen LogP contribution is 2.55. The third kappa shape index (κ3) is 2.91. The zero-order valence-corrected chi connectivity index (χ0v) is 15.8. The Balaban J connectivity index is 1.46. The van der Waals surface area contributed by atoms with Gasteiger partial charge in [-0.1, -0.05) is 0 Å². The molecule has 4 aliphatic carbocycles. The van der Waals surface area contributed by atoms with Crippen molar-refractivity contribution in [3.63, 3.8) is 0 Å². The quantitative estimate of drug-likeness (QED) is 0.800. The zero-order chi connectivity index (χ0) is 19.0. The number of aromatic nitrogens is 3. The van der Waals surface area contributed by atoms with Gasteiger partial charge in [0.05, 0.1) is 0 Å². The van der Waals surface area contributed by atoms with Crippen LogP contribution < -0.4 is 5.32 Å². The average Bonchev–Trinajstić information content (AvgIpc) is 2.95. The Kier molecular flexibility index (Phi) is 3.61. The normalized spacial score (nSPS) is 32.2. The Morgan fingerprint density at radius 1 is 1.22 bits per heavy atom. The van der Waals surface area contributed by atoms with Crippen LogP contribution in [0.25, 0.3) is 5.65 Å². The van der Waals surface area contributed by atoms with Gasteiger partial charge in [0.1, 0.15) is 5.69 Å². The SMILES string of the molecule is Cc1cc(C(F)(F)Cl)n2nc(C(=O)NC34CC5CC(CC(C5)C3)C4)cc2n1. The summed E-state index contributed by atoms with van der Waals surface area (Å²) in [6, 6.07) is 2.64. The van der Waals surface area contributed by atoms with Gasteiger partial charge in [-0.3, -0.25) is 4.79 Å². The number of halogens is 3. The Bertz CT molecular complexity index is 900. The fourth-order valence-corrected chi connectivity index (χ4v) is 6.12. The summed E-state index contributed by atoms with van der Waals surface area (Å²) < 4.78 is 28.4. The summed E-state index contributed by atoms with van der Waals surface area (Å²) in [7, 11) is 0. The lowest BCUT2D eigenvalue weighted by atomic mass is 9.53. The van der Waals surface area contributed by atoms with Crippen molar-refractivity contribution in [2.24, 2.45) is 17.8 Å². The Morgan fingerprint density at radius 2 is 1.81 bits per heavy atom. The van der Waals surface area contributed by atoms with Gasteiger partial charge in [-0.2, -0.15) is 13.9 Å². The lowest BCUT2D eigenvalue weighted by Crippen LogP contribution is -2.59. The second-order valence-electron chi connectivity index (χ2n) is 8.73. The van der Waals surface area contributed by atoms with Gasteiger partial charge in [0.25, 0.3) is 5.91 Å². The first-order valence-electron chi connectivity index (χ1n) is 9.48. The highest BCUT2D eigenvalue weighted by molar-refractivity contribution is 6.21. The van der Waals surface area contributed by atoms with Gasteiger partial charge >= 0.3 is 5.38 Å². The van der Waals surface area contributed by atoms with Crippen LogP contribution in [0.2, 0.25) is 0 Å². The van der Waals surface area contributed by atoms with Crippen LogP contribution in [0.5, 0.6) is 0 Å². The molecule has 0 unspecified atom stereocenters. The van der Waals surface area contributed by atoms with Crippen LogP contribution in [0.15, 0.2) is 12.1 Å². The van der Waals surface area contributed by atoms with Gasteiger partial charge < -0.3 is 5.32 Å². The highest BCUT2D eigenvalue weighted by Gasteiger charge is 2.51. The molecule has 1 amide bonds. The maximum atomic E-state index is 13.7. The fourth-order valence-electron chi connectivity index (χ4n) is 5.98. The summed E-state index contributed by atoms with van der Waals surface area (Å²) >= 11 is 5.22. The van der Waals surface area contributed by atoms with E-state index in [0.717, 1.165) is 23.8 Å². The molecule has 5 nitrogen and oxygen atoms in total. The molecule has 2 aromatic heterocycles. The van der Waals surface area contributed by atoms with Crippen molar-refractivity contribution in [1.82, 2.24) is 19.9 Å². The summed E-state index contributed by atoms with van der Waals surface area (Å²) in [5.74, 6) is 1.78. The van der Waals surface area contributed by atoms with E-state index in [1.165, 1.54) is 31.4 Å². The molecular formula is C19H21ClF2N4O. The lowest BCUT2D eigenvalue weighted by Gasteiger charge is -2.56. The summed E-state index contributed by atoms with van der Waals surface area (Å²) in [6.07, 6.45) is 6.88. The molecule has 4 bridgehead atoms. The number of hydrogen-bond donors (Lipinski definition) is 1. The van der Waals surface area contributed by atoms with Gasteiger partial charge in [0.15, 0.2) is 11.3 Å². The predicted molar refractivity (Wildman–Crippen MR) is 95.8 cm³/mol. The maximum absolute atomic E-state index is 13.7. The van der Waals surface area contributed by atoms with Crippen molar-refractivity contribution in [3.05, 3.63) is 29.2 Å². The standard InChI is InChI=1S/C19H21ClF2N4O/c1-10-2-15(19(20,21)22)26-16(23-10)6-14(25-26)17(27)24-18-7-11-3-12(8-18)5-13(4-11)9-18/h2,6,11-13H,3-5,7-9H2,1H3,(H,24,27). The maximum Gasteiger partial charge on any atom is 0.364 e. The molecule has 4 fully saturated rings. The molecule has 2 heterocycles. The van der Waals surface area contributed by atoms with Crippen LogP contribution in [0.3, 0.4) is 0 Å². The van der Waals surface area contributed by atoms with Crippen LogP contribution in [0, 0.1) is 24.7 Å². The van der Waals surface area contributed by atoms with Gasteiger partial charge in [-0.15, -0.1) is 0 Å². The molecule has 4 saturated carbocycles. The van der Waals surface area contributed by atoms with E-state index in [-0.39, 0.29) is 22.8 Å². The fraction of sp³-hybridized carbons (Fsp3) is 0.632. The summed E-state index contributed by atoms with van der Waals surface area (Å²) in [5.41, 5.74) is 0.0443. The molecule has 27 heavy (non-hydrogen) atoms. The molecule has 0 saturated heterocycles. The van der Waals surface area contributed by atoms with E-state index >= 15 is 0 Å². The van der Waals surface area contributed by atoms with Crippen molar-refractivity contribution in [2.45, 2.75) is 56.4 Å². The van der Waals surface area contributed by atoms with Crippen LogP contribution in [0.4, 0.5) is 8.78 Å². The van der Waals surface area contributed by atoms with E-state index < -0.39 is 11.1 Å². The lowest BCUT2D eigenvalue weighted by molar-refractivity contribution is -0.0168. The van der Waals surface area contributed by atoms with Crippen molar-refractivity contribution in [1.29, 1.82) is 0 Å². The van der Waals surface area contributed by atoms with Crippen LogP contribution in [0.1, 0.15) is 60.4 Å². The van der Waals surface area contributed by atoms with E-state index in [0.29, 0.717) is 23.4 Å². The summed E-state index contributed by atoms with van der Waals surface area (Å²) in [5, 5.41) is 3.72. The highest BCUT2D eigenvalue weighted by atomic mass is 35.5. The van der Waals surface area contributed by atoms with Crippen molar-refractivity contribution < 1.29 is 13.6 Å². The first-order valence-corrected chi connectivity index (χ1v) is 9.86. The van der Waals surface area contributed by atoms with E-state index in [2.05, 4.69) is 15.4 Å². The number of rotatable bonds is 3. The second kappa shape index (κ2) is 5.63. The first kappa shape index (κ1) is 17.3. The van der Waals surface area contributed by atoms with Crippen molar-refractivity contribution in [2.75, 3.05) is 0 Å². The number of alkyl halides is 3. The molecule has 6 rings (SSSR count). The Labute approximate surface area is 160 Å². The second-order valence-corrected chi connectivity index (χ2v) is 9.21. The monoisotopic (exact) mass is 394 g/mol. The number of nitrogens with one attached hydrogen (secondary N) is 1. The van der Waals surface area contributed by atoms with Crippen LogP contribution in [-0.2, 0) is 5.38 Å². The molecule has 0 atom stereocenters. The minimum atomic E-state index is -3.59. The number of carbonyl (C=O) groups excluding carboxylic acids is 1. The zero-order valence-electron chi connectivity index (χ0n) is 15.0. The molecule has 0 spiro atoms. The molecular weight excluding hydrogens is 374 g/mol. The third-order valence-corrected chi connectivity index (χ3v) is 6.69. The molecule has 8 heteroatoms. The minimum absolute atomic E-state index is 0.103. The van der Waals surface area contributed by atoms with Gasteiger partial charge in [-0.25, -0.2) is 9.50 Å². The summed E-state index contributed by atoms with van der Waals surface area (Å²) in [6.45, 7) is 1.61. The predicted octanol–water partition coefficient (Wildman–Crippen LogP) is 4.02. The van der Waals surface area contributed by atoms with Gasteiger partial charge in [0, 0.05) is 17.3 Å². The Morgan fingerprint density at radius 3 is 2.37 bits per heavy atom. The molecule has 0 aromatic carbocycles. The summed E-state index contributed by atoms with van der Waals surface area (Å²) in [4.78, 5) is 17.1. The number of hydrogen-bond acceptors (Lipinski definition) is 3. The average molecular weight is 395 g/mol. The van der Waals surface area contributed by atoms with Crippen LogP contribution >= 0.6 is 11.6 Å². The van der Waals surface area contributed by atoms with Crippen molar-refractivity contribution in [3.8, 4) is 0 Å². The molecule has 2 aromatic rings. The molecule has 0 radical (unpaired) electrons. The molecule has 1 N–H and O–H groups in total. The minimum Gasteiger partial charge on any atom is -0.345 e. The van der Waals surface area contributed by atoms with E-state index in [4.69, 9.17) is 11.6 Å². The number of nitrogens with zero attached hydrogens (tertiary/aromatic N) is 3. The van der Waals surface area contributed by atoms with E-state index in [1.54, 1.807) is 6.92 Å². The molecule has 144 valence electrons. The third-order valence-electron chi connectivity index (χ3n) is 6.50. The smallest absolute Gasteiger partial charge is 0.345 e. The number of carbonyl (C=O) groups is 1. The van der Waals surface area contributed by atoms with E-state index in [9.17, 15) is 13.6 Å². The molecule has 0 aliphatic heterocycles. The molecule has 4 aliphatic rings.